The van der Waals surface area contributed by atoms with E-state index in [9.17, 15) is 5.11 Å². The lowest BCUT2D eigenvalue weighted by Gasteiger charge is -2.32. The number of nitrogens with two attached hydrogens (primary N) is 1. The first-order valence-electron chi connectivity index (χ1n) is 5.97. The smallest absolute Gasteiger partial charge is 0.108 e. The molecule has 4 atom stereocenters. The second kappa shape index (κ2) is 6.46. The lowest BCUT2D eigenvalue weighted by Crippen LogP contribution is -2.53. The molecule has 0 fully saturated rings. The zero-order valence-electron chi connectivity index (χ0n) is 11.0. The Morgan fingerprint density at radius 1 is 0.933 bits per heavy atom. The number of hydrogen-bond acceptors (Lipinski definition) is 3. The number of hydrogen-bond donors (Lipinski definition) is 3. The van der Waals surface area contributed by atoms with E-state index in [1.807, 2.05) is 6.92 Å². The van der Waals surface area contributed by atoms with Gasteiger partial charge in [-0.25, -0.2) is 0 Å². The summed E-state index contributed by atoms with van der Waals surface area (Å²) in [6.07, 6.45) is -0.469. The topological polar surface area (TPSA) is 58.3 Å². The molecular weight excluding hydrogens is 188 g/mol. The third-order valence-electron chi connectivity index (χ3n) is 3.20. The summed E-state index contributed by atoms with van der Waals surface area (Å²) in [5.41, 5.74) is 5.89. The molecule has 4 unspecified atom stereocenters. The van der Waals surface area contributed by atoms with E-state index in [4.69, 9.17) is 5.73 Å². The molecule has 0 heterocycles. The van der Waals surface area contributed by atoms with E-state index in [2.05, 4.69) is 39.9 Å². The molecule has 92 valence electrons. The standard InChI is InChI=1S/C12H28N2O/c1-7(2)9(5)12(15)14-11(8(3)4)10(6)13/h7-12,14-15H,13H2,1-6H3. The lowest BCUT2D eigenvalue weighted by molar-refractivity contribution is 0.0405. The highest BCUT2D eigenvalue weighted by molar-refractivity contribution is 4.81. The van der Waals surface area contributed by atoms with Crippen molar-refractivity contribution in [1.29, 1.82) is 0 Å². The Kier molecular flexibility index (Phi) is 6.41. The Morgan fingerprint density at radius 3 is 1.67 bits per heavy atom. The van der Waals surface area contributed by atoms with Crippen molar-refractivity contribution in [1.82, 2.24) is 5.32 Å². The highest BCUT2D eigenvalue weighted by Gasteiger charge is 2.24. The van der Waals surface area contributed by atoms with Gasteiger partial charge in [-0.15, -0.1) is 0 Å². The molecule has 3 nitrogen and oxygen atoms in total. The van der Waals surface area contributed by atoms with Gasteiger partial charge in [0.15, 0.2) is 0 Å². The Morgan fingerprint density at radius 2 is 1.40 bits per heavy atom. The molecule has 15 heavy (non-hydrogen) atoms. The molecule has 0 aliphatic rings. The molecule has 0 rings (SSSR count). The van der Waals surface area contributed by atoms with Crippen LogP contribution in [0.25, 0.3) is 0 Å². The molecule has 0 amide bonds. The fourth-order valence-electron chi connectivity index (χ4n) is 1.66. The Bertz CT molecular complexity index is 161. The van der Waals surface area contributed by atoms with Crippen molar-refractivity contribution in [2.45, 2.75) is 59.9 Å². The van der Waals surface area contributed by atoms with Gasteiger partial charge in [-0.3, -0.25) is 5.32 Å². The SMILES string of the molecule is CC(C)C(C)C(O)NC(C(C)C)C(C)N. The van der Waals surface area contributed by atoms with Crippen molar-refractivity contribution in [2.24, 2.45) is 23.5 Å². The second-order valence-electron chi connectivity index (χ2n) is 5.34. The van der Waals surface area contributed by atoms with E-state index in [1.54, 1.807) is 0 Å². The molecule has 0 saturated heterocycles. The predicted octanol–water partition coefficient (Wildman–Crippen LogP) is 1.56. The van der Waals surface area contributed by atoms with Crippen molar-refractivity contribution < 1.29 is 5.11 Å². The minimum Gasteiger partial charge on any atom is -0.378 e. The fourth-order valence-corrected chi connectivity index (χ4v) is 1.66. The van der Waals surface area contributed by atoms with E-state index in [0.29, 0.717) is 11.8 Å². The summed E-state index contributed by atoms with van der Waals surface area (Å²) >= 11 is 0. The van der Waals surface area contributed by atoms with Gasteiger partial charge in [0, 0.05) is 12.1 Å². The van der Waals surface area contributed by atoms with Crippen LogP contribution in [0.4, 0.5) is 0 Å². The minimum absolute atomic E-state index is 0.0546. The average molecular weight is 216 g/mol. The molecule has 0 aliphatic heterocycles. The van der Waals surface area contributed by atoms with Crippen LogP contribution >= 0.6 is 0 Å². The maximum absolute atomic E-state index is 9.99. The Balaban J connectivity index is 4.29. The largest absolute Gasteiger partial charge is 0.378 e. The van der Waals surface area contributed by atoms with Crippen molar-refractivity contribution in [3.63, 3.8) is 0 Å². The summed E-state index contributed by atoms with van der Waals surface area (Å²) in [7, 11) is 0. The number of nitrogens with one attached hydrogen (secondary N) is 1. The first-order valence-corrected chi connectivity index (χ1v) is 5.97. The maximum Gasteiger partial charge on any atom is 0.108 e. The summed E-state index contributed by atoms with van der Waals surface area (Å²) in [6, 6.07) is 0.222. The van der Waals surface area contributed by atoms with Crippen molar-refractivity contribution >= 4 is 0 Å². The second-order valence-corrected chi connectivity index (χ2v) is 5.34. The first kappa shape index (κ1) is 14.9. The zero-order chi connectivity index (χ0) is 12.2. The minimum atomic E-state index is -0.469. The molecule has 0 aliphatic carbocycles. The summed E-state index contributed by atoms with van der Waals surface area (Å²) < 4.78 is 0. The van der Waals surface area contributed by atoms with Gasteiger partial charge in [0.25, 0.3) is 0 Å². The van der Waals surface area contributed by atoms with Gasteiger partial charge in [-0.2, -0.15) is 0 Å². The van der Waals surface area contributed by atoms with E-state index >= 15 is 0 Å². The van der Waals surface area contributed by atoms with E-state index in [1.165, 1.54) is 0 Å². The van der Waals surface area contributed by atoms with Crippen LogP contribution in [-0.4, -0.2) is 23.4 Å². The molecule has 0 radical (unpaired) electrons. The highest BCUT2D eigenvalue weighted by Crippen LogP contribution is 2.15. The number of rotatable bonds is 6. The normalized spacial score (nSPS) is 20.4. The molecule has 0 aromatic heterocycles. The lowest BCUT2D eigenvalue weighted by atomic mass is 9.93. The van der Waals surface area contributed by atoms with Crippen LogP contribution in [0.1, 0.15) is 41.5 Å². The van der Waals surface area contributed by atoms with Crippen LogP contribution in [0, 0.1) is 17.8 Å². The third kappa shape index (κ3) is 4.96. The van der Waals surface area contributed by atoms with Gasteiger partial charge in [0.1, 0.15) is 6.23 Å². The molecule has 0 bridgehead atoms. The quantitative estimate of drug-likeness (QED) is 0.591. The summed E-state index contributed by atoms with van der Waals surface area (Å²) in [5.74, 6) is 1.14. The summed E-state index contributed by atoms with van der Waals surface area (Å²) in [4.78, 5) is 0. The van der Waals surface area contributed by atoms with Crippen LogP contribution in [0.3, 0.4) is 0 Å². The van der Waals surface area contributed by atoms with Crippen LogP contribution in [0.2, 0.25) is 0 Å². The summed E-state index contributed by atoms with van der Waals surface area (Å²) in [5, 5.41) is 13.2. The maximum atomic E-state index is 9.99. The molecule has 0 aromatic carbocycles. The van der Waals surface area contributed by atoms with Gasteiger partial charge in [0.2, 0.25) is 0 Å². The van der Waals surface area contributed by atoms with Crippen molar-refractivity contribution in [2.75, 3.05) is 0 Å². The van der Waals surface area contributed by atoms with Crippen LogP contribution < -0.4 is 11.1 Å². The average Bonchev–Trinajstić information content (AvgIpc) is 2.11. The van der Waals surface area contributed by atoms with E-state index in [0.717, 1.165) is 0 Å². The van der Waals surface area contributed by atoms with Crippen molar-refractivity contribution in [3.05, 3.63) is 0 Å². The molecule has 4 N–H and O–H groups in total. The van der Waals surface area contributed by atoms with Gasteiger partial charge in [-0.1, -0.05) is 34.6 Å². The fraction of sp³-hybridized carbons (Fsp3) is 1.00. The monoisotopic (exact) mass is 216 g/mol. The predicted molar refractivity (Wildman–Crippen MR) is 65.4 cm³/mol. The number of aliphatic hydroxyl groups excluding tert-OH is 1. The van der Waals surface area contributed by atoms with E-state index < -0.39 is 6.23 Å². The van der Waals surface area contributed by atoms with E-state index in [-0.39, 0.29) is 18.0 Å². The van der Waals surface area contributed by atoms with Crippen LogP contribution in [0.15, 0.2) is 0 Å². The molecule has 0 saturated carbocycles. The van der Waals surface area contributed by atoms with Crippen LogP contribution in [0.5, 0.6) is 0 Å². The zero-order valence-corrected chi connectivity index (χ0v) is 11.0. The molecule has 0 aromatic rings. The summed E-state index contributed by atoms with van der Waals surface area (Å²) in [6.45, 7) is 12.5. The third-order valence-corrected chi connectivity index (χ3v) is 3.20. The highest BCUT2D eigenvalue weighted by atomic mass is 16.3. The molecular formula is C12H28N2O. The van der Waals surface area contributed by atoms with Gasteiger partial charge < -0.3 is 10.8 Å². The van der Waals surface area contributed by atoms with Gasteiger partial charge >= 0.3 is 0 Å². The van der Waals surface area contributed by atoms with Crippen molar-refractivity contribution in [3.8, 4) is 0 Å². The molecule has 3 heteroatoms. The van der Waals surface area contributed by atoms with Gasteiger partial charge in [0.05, 0.1) is 0 Å². The number of aliphatic hydroxyl groups is 1. The Labute approximate surface area is 94.4 Å². The first-order chi connectivity index (χ1) is 6.77. The van der Waals surface area contributed by atoms with Gasteiger partial charge in [-0.05, 0) is 24.7 Å². The Hall–Kier alpha value is -0.120. The molecule has 0 spiro atoms. The van der Waals surface area contributed by atoms with Crippen LogP contribution in [-0.2, 0) is 0 Å².